The number of aromatic nitrogens is 2. The number of methoxy groups -OCH3 is 1. The van der Waals surface area contributed by atoms with Crippen LogP contribution in [0.15, 0.2) is 65.3 Å². The molecular formula is C21H18N4O3. The summed E-state index contributed by atoms with van der Waals surface area (Å²) < 4.78 is 10.2. The van der Waals surface area contributed by atoms with E-state index < -0.39 is 0 Å². The second-order valence-corrected chi connectivity index (χ2v) is 6.20. The summed E-state index contributed by atoms with van der Waals surface area (Å²) in [5.41, 5.74) is 1.32. The van der Waals surface area contributed by atoms with E-state index in [2.05, 4.69) is 20.8 Å². The molecule has 0 aliphatic carbocycles. The smallest absolute Gasteiger partial charge is 0.259 e. The van der Waals surface area contributed by atoms with Crippen LogP contribution in [0.25, 0.3) is 10.8 Å². The Morgan fingerprint density at radius 3 is 2.50 bits per heavy atom. The van der Waals surface area contributed by atoms with E-state index in [0.717, 1.165) is 22.2 Å². The molecule has 0 aliphatic heterocycles. The highest BCUT2D eigenvalue weighted by molar-refractivity contribution is 6.14. The summed E-state index contributed by atoms with van der Waals surface area (Å²) in [6.07, 6.45) is 1.55. The number of nitrogens with one attached hydrogen (secondary N) is 2. The molecule has 0 saturated carbocycles. The van der Waals surface area contributed by atoms with Gasteiger partial charge in [0.1, 0.15) is 17.3 Å². The third-order valence-corrected chi connectivity index (χ3v) is 4.26. The van der Waals surface area contributed by atoms with Gasteiger partial charge in [0.2, 0.25) is 0 Å². The molecule has 0 radical (unpaired) electrons. The number of aryl methyl sites for hydroxylation is 1. The second kappa shape index (κ2) is 7.40. The van der Waals surface area contributed by atoms with Gasteiger partial charge in [-0.25, -0.2) is 4.98 Å². The molecule has 2 aromatic carbocycles. The molecule has 0 bridgehead atoms. The third kappa shape index (κ3) is 3.50. The topological polar surface area (TPSA) is 89.3 Å². The zero-order valence-electron chi connectivity index (χ0n) is 15.4. The van der Waals surface area contributed by atoms with Crippen LogP contribution in [0, 0.1) is 6.92 Å². The molecular weight excluding hydrogens is 356 g/mol. The van der Waals surface area contributed by atoms with Gasteiger partial charge in [0, 0.05) is 23.3 Å². The van der Waals surface area contributed by atoms with Crippen LogP contribution >= 0.6 is 0 Å². The van der Waals surface area contributed by atoms with Gasteiger partial charge in [0.15, 0.2) is 5.82 Å². The molecule has 0 fully saturated rings. The zero-order valence-corrected chi connectivity index (χ0v) is 15.4. The van der Waals surface area contributed by atoms with Crippen LogP contribution in [0.3, 0.4) is 0 Å². The van der Waals surface area contributed by atoms with E-state index in [-0.39, 0.29) is 5.91 Å². The van der Waals surface area contributed by atoms with E-state index in [1.165, 1.54) is 0 Å². The van der Waals surface area contributed by atoms with E-state index in [0.29, 0.717) is 23.0 Å². The minimum absolute atomic E-state index is 0.298. The summed E-state index contributed by atoms with van der Waals surface area (Å²) >= 11 is 0. The number of amides is 1. The molecule has 28 heavy (non-hydrogen) atoms. The fourth-order valence-electron chi connectivity index (χ4n) is 2.89. The molecule has 1 amide bonds. The summed E-state index contributed by atoms with van der Waals surface area (Å²) in [6, 6.07) is 16.8. The highest BCUT2D eigenvalue weighted by Gasteiger charge is 2.15. The van der Waals surface area contributed by atoms with E-state index in [1.54, 1.807) is 26.3 Å². The van der Waals surface area contributed by atoms with Gasteiger partial charge in [-0.15, -0.1) is 0 Å². The maximum Gasteiger partial charge on any atom is 0.259 e. The molecule has 4 rings (SSSR count). The standard InChI is InChI=1S/C21H18N4O3/c1-13-11-19(25-28-13)24-21(26)18-12-22-20(17-6-4-3-5-16(17)18)23-14-7-9-15(27-2)10-8-14/h3-12H,1-2H3,(H,22,23)(H,24,25,26). The number of pyridine rings is 1. The lowest BCUT2D eigenvalue weighted by atomic mass is 10.1. The Morgan fingerprint density at radius 2 is 1.82 bits per heavy atom. The Balaban J connectivity index is 1.66. The Bertz CT molecular complexity index is 1140. The number of hydrogen-bond donors (Lipinski definition) is 2. The third-order valence-electron chi connectivity index (χ3n) is 4.26. The van der Waals surface area contributed by atoms with Crippen molar-refractivity contribution in [2.75, 3.05) is 17.7 Å². The van der Waals surface area contributed by atoms with Crippen molar-refractivity contribution in [3.05, 3.63) is 72.1 Å². The van der Waals surface area contributed by atoms with Crippen molar-refractivity contribution in [2.24, 2.45) is 0 Å². The first-order valence-electron chi connectivity index (χ1n) is 8.67. The largest absolute Gasteiger partial charge is 0.497 e. The zero-order chi connectivity index (χ0) is 19.5. The number of carbonyl (C=O) groups is 1. The Labute approximate surface area is 161 Å². The molecule has 0 aliphatic rings. The van der Waals surface area contributed by atoms with E-state index in [1.807, 2.05) is 48.5 Å². The second-order valence-electron chi connectivity index (χ2n) is 6.20. The van der Waals surface area contributed by atoms with Crippen molar-refractivity contribution in [1.82, 2.24) is 10.1 Å². The monoisotopic (exact) mass is 374 g/mol. The predicted octanol–water partition coefficient (Wildman–Crippen LogP) is 4.54. The van der Waals surface area contributed by atoms with Gasteiger partial charge < -0.3 is 19.9 Å². The molecule has 2 aromatic heterocycles. The molecule has 0 spiro atoms. The van der Waals surface area contributed by atoms with Gasteiger partial charge in [-0.1, -0.05) is 29.4 Å². The van der Waals surface area contributed by atoms with Gasteiger partial charge in [-0.2, -0.15) is 0 Å². The molecule has 0 unspecified atom stereocenters. The maximum atomic E-state index is 12.7. The number of benzene rings is 2. The SMILES string of the molecule is COc1ccc(Nc2ncc(C(=O)Nc3cc(C)on3)c3ccccc23)cc1. The number of ether oxygens (including phenoxy) is 1. The lowest BCUT2D eigenvalue weighted by Crippen LogP contribution is -2.13. The summed E-state index contributed by atoms with van der Waals surface area (Å²) in [5, 5.41) is 11.4. The minimum atomic E-state index is -0.298. The first kappa shape index (κ1) is 17.5. The average Bonchev–Trinajstić information content (AvgIpc) is 3.13. The van der Waals surface area contributed by atoms with Gasteiger partial charge in [-0.05, 0) is 36.6 Å². The summed E-state index contributed by atoms with van der Waals surface area (Å²) in [5.74, 6) is 2.13. The van der Waals surface area contributed by atoms with E-state index in [9.17, 15) is 4.79 Å². The Hall–Kier alpha value is -3.87. The average molecular weight is 374 g/mol. The number of nitrogens with zero attached hydrogens (tertiary/aromatic N) is 2. The molecule has 0 saturated heterocycles. The van der Waals surface area contributed by atoms with Crippen molar-refractivity contribution in [3.8, 4) is 5.75 Å². The molecule has 4 aromatic rings. The van der Waals surface area contributed by atoms with Gasteiger partial charge >= 0.3 is 0 Å². The lowest BCUT2D eigenvalue weighted by Gasteiger charge is -2.12. The maximum absolute atomic E-state index is 12.7. The minimum Gasteiger partial charge on any atom is -0.497 e. The number of anilines is 3. The fraction of sp³-hybridized carbons (Fsp3) is 0.0952. The van der Waals surface area contributed by atoms with Crippen molar-refractivity contribution < 1.29 is 14.1 Å². The van der Waals surface area contributed by atoms with Crippen molar-refractivity contribution in [2.45, 2.75) is 6.92 Å². The fourth-order valence-corrected chi connectivity index (χ4v) is 2.89. The normalized spacial score (nSPS) is 10.6. The highest BCUT2D eigenvalue weighted by Crippen LogP contribution is 2.28. The first-order valence-corrected chi connectivity index (χ1v) is 8.67. The number of carbonyl (C=O) groups excluding carboxylic acids is 1. The summed E-state index contributed by atoms with van der Waals surface area (Å²) in [7, 11) is 1.63. The molecule has 7 heteroatoms. The van der Waals surface area contributed by atoms with Crippen molar-refractivity contribution in [1.29, 1.82) is 0 Å². The predicted molar refractivity (Wildman–Crippen MR) is 107 cm³/mol. The van der Waals surface area contributed by atoms with Crippen LogP contribution in [-0.4, -0.2) is 23.2 Å². The Morgan fingerprint density at radius 1 is 1.07 bits per heavy atom. The molecule has 140 valence electrons. The Kier molecular flexibility index (Phi) is 4.63. The number of fused-ring (bicyclic) bond motifs is 1. The van der Waals surface area contributed by atoms with E-state index in [4.69, 9.17) is 9.26 Å². The van der Waals surface area contributed by atoms with Crippen LogP contribution in [0.4, 0.5) is 17.3 Å². The lowest BCUT2D eigenvalue weighted by molar-refractivity contribution is 0.102. The van der Waals surface area contributed by atoms with Crippen molar-refractivity contribution in [3.63, 3.8) is 0 Å². The van der Waals surface area contributed by atoms with Crippen LogP contribution in [0.2, 0.25) is 0 Å². The highest BCUT2D eigenvalue weighted by atomic mass is 16.5. The molecule has 2 heterocycles. The van der Waals surface area contributed by atoms with Gasteiger partial charge in [0.25, 0.3) is 5.91 Å². The summed E-state index contributed by atoms with van der Waals surface area (Å²) in [4.78, 5) is 17.2. The molecule has 0 atom stereocenters. The van der Waals surface area contributed by atoms with Crippen LogP contribution in [-0.2, 0) is 0 Å². The van der Waals surface area contributed by atoms with Gasteiger partial charge in [0.05, 0.1) is 12.7 Å². The van der Waals surface area contributed by atoms with E-state index >= 15 is 0 Å². The first-order chi connectivity index (χ1) is 13.6. The van der Waals surface area contributed by atoms with Crippen LogP contribution in [0.1, 0.15) is 16.1 Å². The number of hydrogen-bond acceptors (Lipinski definition) is 6. The van der Waals surface area contributed by atoms with Crippen LogP contribution < -0.4 is 15.4 Å². The summed E-state index contributed by atoms with van der Waals surface area (Å²) in [6.45, 7) is 1.76. The van der Waals surface area contributed by atoms with Gasteiger partial charge in [-0.3, -0.25) is 4.79 Å². The number of rotatable bonds is 5. The quantitative estimate of drug-likeness (QED) is 0.533. The molecule has 7 nitrogen and oxygen atoms in total. The van der Waals surface area contributed by atoms with Crippen molar-refractivity contribution >= 4 is 34.0 Å². The van der Waals surface area contributed by atoms with Crippen LogP contribution in [0.5, 0.6) is 5.75 Å². The molecule has 2 N–H and O–H groups in total.